The van der Waals surface area contributed by atoms with Crippen LogP contribution in [0.4, 0.5) is 18.9 Å². The van der Waals surface area contributed by atoms with Gasteiger partial charge in [-0.3, -0.25) is 14.4 Å². The maximum atomic E-state index is 12.8. The summed E-state index contributed by atoms with van der Waals surface area (Å²) in [7, 11) is 0. The van der Waals surface area contributed by atoms with E-state index < -0.39 is 36.1 Å². The van der Waals surface area contributed by atoms with Gasteiger partial charge in [-0.15, -0.1) is 0 Å². The Morgan fingerprint density at radius 1 is 1.06 bits per heavy atom. The van der Waals surface area contributed by atoms with Gasteiger partial charge in [0.05, 0.1) is 17.9 Å². The van der Waals surface area contributed by atoms with E-state index in [1.165, 1.54) is 24.4 Å². The van der Waals surface area contributed by atoms with E-state index >= 15 is 0 Å². The van der Waals surface area contributed by atoms with E-state index in [4.69, 9.17) is 9.47 Å². The lowest BCUT2D eigenvalue weighted by molar-refractivity contribution is -0.139. The van der Waals surface area contributed by atoms with E-state index in [1.807, 2.05) is 13.8 Å². The Morgan fingerprint density at radius 2 is 1.81 bits per heavy atom. The molecule has 2 rings (SSSR count). The first-order chi connectivity index (χ1) is 17.0. The lowest BCUT2D eigenvalue weighted by Gasteiger charge is -2.10. The van der Waals surface area contributed by atoms with E-state index in [9.17, 15) is 27.6 Å². The van der Waals surface area contributed by atoms with Crippen LogP contribution in [0, 0.1) is 0 Å². The molecule has 3 N–H and O–H groups in total. The molecule has 9 nitrogen and oxygen atoms in total. The Balaban J connectivity index is 1.78. The van der Waals surface area contributed by atoms with Crippen LogP contribution in [0.1, 0.15) is 31.4 Å². The zero-order valence-corrected chi connectivity index (χ0v) is 19.7. The lowest BCUT2D eigenvalue weighted by Crippen LogP contribution is -2.38. The quantitative estimate of drug-likeness (QED) is 0.187. The molecule has 0 saturated heterocycles. The molecule has 0 atom stereocenters. The number of hydrogen-bond acceptors (Lipinski definition) is 6. The summed E-state index contributed by atoms with van der Waals surface area (Å²) in [6, 6.07) is 10.6. The fourth-order valence-corrected chi connectivity index (χ4v) is 2.69. The molecule has 0 saturated carbocycles. The Bertz CT molecular complexity index is 1070. The van der Waals surface area contributed by atoms with Crippen LogP contribution < -0.4 is 20.8 Å². The first-order valence-electron chi connectivity index (χ1n) is 11.0. The summed E-state index contributed by atoms with van der Waals surface area (Å²) in [5, 5.41) is 8.50. The summed E-state index contributed by atoms with van der Waals surface area (Å²) < 4.78 is 49.1. The van der Waals surface area contributed by atoms with Crippen molar-refractivity contribution < 1.29 is 37.0 Å². The molecule has 0 spiro atoms. The largest absolute Gasteiger partial charge is 0.484 e. The van der Waals surface area contributed by atoms with Gasteiger partial charge in [-0.2, -0.15) is 18.3 Å². The number of hydrazone groups is 1. The molecule has 2 aromatic rings. The molecular formula is C24H27F3N4O5. The molecular weight excluding hydrogens is 481 g/mol. The molecule has 0 aliphatic heterocycles. The van der Waals surface area contributed by atoms with Crippen molar-refractivity contribution in [3.05, 3.63) is 59.7 Å². The van der Waals surface area contributed by atoms with Crippen LogP contribution in [0.15, 0.2) is 53.6 Å². The molecule has 0 unspecified atom stereocenters. The number of nitrogens with zero attached hydrogens (tertiary/aromatic N) is 1. The number of benzene rings is 2. The number of amides is 3. The van der Waals surface area contributed by atoms with Crippen LogP contribution >= 0.6 is 0 Å². The predicted molar refractivity (Wildman–Crippen MR) is 126 cm³/mol. The van der Waals surface area contributed by atoms with Gasteiger partial charge in [-0.05, 0) is 56.2 Å². The second kappa shape index (κ2) is 13.8. The summed E-state index contributed by atoms with van der Waals surface area (Å²) in [6.07, 6.45) is -2.60. The van der Waals surface area contributed by atoms with Gasteiger partial charge in [0, 0.05) is 18.8 Å². The van der Waals surface area contributed by atoms with Gasteiger partial charge in [0.1, 0.15) is 5.75 Å². The van der Waals surface area contributed by atoms with E-state index in [0.29, 0.717) is 18.6 Å². The highest BCUT2D eigenvalue weighted by Crippen LogP contribution is 2.30. The number of anilines is 1. The number of hydrogen-bond donors (Lipinski definition) is 3. The zero-order valence-electron chi connectivity index (χ0n) is 19.7. The standard InChI is InChI=1S/C24H27F3N4O5/c1-16(2)35-11-5-10-28-22(33)23(34)31-29-14-17-6-3-9-20(12-17)36-15-21(32)30-19-8-4-7-18(13-19)24(25,26)27/h3-4,6-9,12-14,16H,5,10-11,15H2,1-2H3,(H,28,33)(H,30,32)(H,31,34)/b29-14-. The van der Waals surface area contributed by atoms with Gasteiger partial charge in [0.15, 0.2) is 6.61 Å². The van der Waals surface area contributed by atoms with Crippen LogP contribution in [-0.2, 0) is 25.3 Å². The van der Waals surface area contributed by atoms with Gasteiger partial charge >= 0.3 is 18.0 Å². The van der Waals surface area contributed by atoms with Crippen molar-refractivity contribution >= 4 is 29.6 Å². The van der Waals surface area contributed by atoms with Crippen molar-refractivity contribution in [2.45, 2.75) is 32.5 Å². The Kier molecular flexibility index (Phi) is 10.9. The molecule has 0 fully saturated rings. The van der Waals surface area contributed by atoms with Gasteiger partial charge in [0.2, 0.25) is 0 Å². The van der Waals surface area contributed by atoms with Crippen LogP contribution in [0.3, 0.4) is 0 Å². The maximum Gasteiger partial charge on any atom is 0.416 e. The number of carbonyl (C=O) groups excluding carboxylic acids is 3. The van der Waals surface area contributed by atoms with Gasteiger partial charge in [-0.1, -0.05) is 18.2 Å². The zero-order chi connectivity index (χ0) is 26.6. The molecule has 0 radical (unpaired) electrons. The molecule has 12 heteroatoms. The molecule has 0 bridgehead atoms. The van der Waals surface area contributed by atoms with Crippen molar-refractivity contribution in [3.8, 4) is 5.75 Å². The monoisotopic (exact) mass is 508 g/mol. The van der Waals surface area contributed by atoms with Crippen LogP contribution in [0.25, 0.3) is 0 Å². The Labute approximate surface area is 206 Å². The average molecular weight is 508 g/mol. The van der Waals surface area contributed by atoms with Crippen molar-refractivity contribution in [2.24, 2.45) is 5.10 Å². The SMILES string of the molecule is CC(C)OCCCNC(=O)C(=O)N/N=C\c1cccc(OCC(=O)Nc2cccc(C(F)(F)F)c2)c1. The van der Waals surface area contributed by atoms with Crippen LogP contribution in [0.2, 0.25) is 0 Å². The minimum Gasteiger partial charge on any atom is -0.484 e. The van der Waals surface area contributed by atoms with E-state index in [-0.39, 0.29) is 24.1 Å². The first-order valence-corrected chi connectivity index (χ1v) is 11.0. The average Bonchev–Trinajstić information content (AvgIpc) is 2.82. The number of rotatable bonds is 11. The highest BCUT2D eigenvalue weighted by atomic mass is 19.4. The van der Waals surface area contributed by atoms with E-state index in [1.54, 1.807) is 18.2 Å². The molecule has 194 valence electrons. The fourth-order valence-electron chi connectivity index (χ4n) is 2.69. The number of ether oxygens (including phenoxy) is 2. The molecule has 3 amide bonds. The number of halogens is 3. The normalized spacial score (nSPS) is 11.4. The Morgan fingerprint density at radius 3 is 2.53 bits per heavy atom. The van der Waals surface area contributed by atoms with Crippen LogP contribution in [-0.4, -0.2) is 49.8 Å². The number of alkyl halides is 3. The first kappa shape index (κ1) is 28.3. The number of carbonyl (C=O) groups is 3. The van der Waals surface area contributed by atoms with Gasteiger partial charge in [-0.25, -0.2) is 5.43 Å². The van der Waals surface area contributed by atoms with Gasteiger partial charge in [0.25, 0.3) is 5.91 Å². The molecule has 0 heterocycles. The molecule has 0 aliphatic carbocycles. The summed E-state index contributed by atoms with van der Waals surface area (Å²) >= 11 is 0. The molecule has 0 aliphatic rings. The molecule has 0 aromatic heterocycles. The summed E-state index contributed by atoms with van der Waals surface area (Å²) in [5.74, 6) is -2.14. The fraction of sp³-hybridized carbons (Fsp3) is 0.333. The maximum absolute atomic E-state index is 12.8. The third-order valence-electron chi connectivity index (χ3n) is 4.35. The summed E-state index contributed by atoms with van der Waals surface area (Å²) in [6.45, 7) is 4.09. The van der Waals surface area contributed by atoms with Gasteiger partial charge < -0.3 is 20.1 Å². The van der Waals surface area contributed by atoms with Crippen molar-refractivity contribution in [1.29, 1.82) is 0 Å². The minimum absolute atomic E-state index is 0.0111. The smallest absolute Gasteiger partial charge is 0.416 e. The second-order valence-electron chi connectivity index (χ2n) is 7.72. The minimum atomic E-state index is -4.52. The predicted octanol–water partition coefficient (Wildman–Crippen LogP) is 3.10. The highest BCUT2D eigenvalue weighted by Gasteiger charge is 2.30. The third-order valence-corrected chi connectivity index (χ3v) is 4.35. The summed E-state index contributed by atoms with van der Waals surface area (Å²) in [5.41, 5.74) is 1.71. The summed E-state index contributed by atoms with van der Waals surface area (Å²) in [4.78, 5) is 35.6. The van der Waals surface area contributed by atoms with Crippen LogP contribution in [0.5, 0.6) is 5.75 Å². The molecule has 2 aromatic carbocycles. The molecule has 36 heavy (non-hydrogen) atoms. The van der Waals surface area contributed by atoms with Crippen molar-refractivity contribution in [1.82, 2.24) is 10.7 Å². The number of nitrogens with one attached hydrogen (secondary N) is 3. The third kappa shape index (κ3) is 10.6. The van der Waals surface area contributed by atoms with E-state index in [0.717, 1.165) is 12.1 Å². The second-order valence-corrected chi connectivity index (χ2v) is 7.72. The Hall–Kier alpha value is -3.93. The van der Waals surface area contributed by atoms with E-state index in [2.05, 4.69) is 21.2 Å². The lowest BCUT2D eigenvalue weighted by atomic mass is 10.2. The van der Waals surface area contributed by atoms with Crippen molar-refractivity contribution in [3.63, 3.8) is 0 Å². The topological polar surface area (TPSA) is 118 Å². The highest BCUT2D eigenvalue weighted by molar-refractivity contribution is 6.35. The van der Waals surface area contributed by atoms with Crippen molar-refractivity contribution in [2.75, 3.05) is 25.1 Å².